The van der Waals surface area contributed by atoms with Crippen molar-refractivity contribution in [1.29, 1.82) is 0 Å². The summed E-state index contributed by atoms with van der Waals surface area (Å²) in [6.45, 7) is -0.296. The van der Waals surface area contributed by atoms with Crippen molar-refractivity contribution in [2.24, 2.45) is 5.92 Å². The summed E-state index contributed by atoms with van der Waals surface area (Å²) in [4.78, 5) is 55.6. The molecular formula is C30H24ClN3O7S2. The van der Waals surface area contributed by atoms with Gasteiger partial charge in [0.05, 0.1) is 30.9 Å². The molecule has 13 heteroatoms. The number of fused-ring (bicyclic) bond motifs is 2. The van der Waals surface area contributed by atoms with E-state index in [0.29, 0.717) is 37.6 Å². The molecule has 0 spiro atoms. The first-order valence-corrected chi connectivity index (χ1v) is 15.1. The van der Waals surface area contributed by atoms with Crippen molar-refractivity contribution in [1.82, 2.24) is 4.57 Å². The van der Waals surface area contributed by atoms with Crippen LogP contribution >= 0.6 is 34.7 Å². The van der Waals surface area contributed by atoms with Crippen molar-refractivity contribution in [2.75, 3.05) is 24.4 Å². The van der Waals surface area contributed by atoms with Gasteiger partial charge in [-0.1, -0.05) is 40.8 Å². The Morgan fingerprint density at radius 2 is 1.70 bits per heavy atom. The lowest BCUT2D eigenvalue weighted by atomic mass is 9.83. The fourth-order valence-corrected chi connectivity index (χ4v) is 8.26. The third-order valence-electron chi connectivity index (χ3n) is 7.37. The summed E-state index contributed by atoms with van der Waals surface area (Å²) in [5.41, 5.74) is 1.50. The van der Waals surface area contributed by atoms with E-state index in [1.54, 1.807) is 67.8 Å². The first kappa shape index (κ1) is 28.8. The van der Waals surface area contributed by atoms with Gasteiger partial charge in [0.25, 0.3) is 0 Å². The van der Waals surface area contributed by atoms with Gasteiger partial charge in [-0.15, -0.1) is 0 Å². The van der Waals surface area contributed by atoms with Crippen LogP contribution in [0.1, 0.15) is 16.4 Å². The minimum atomic E-state index is -0.870. The van der Waals surface area contributed by atoms with Gasteiger partial charge < -0.3 is 19.9 Å². The van der Waals surface area contributed by atoms with E-state index < -0.39 is 39.7 Å². The van der Waals surface area contributed by atoms with E-state index in [4.69, 9.17) is 21.1 Å². The number of benzene rings is 3. The van der Waals surface area contributed by atoms with Crippen molar-refractivity contribution in [3.05, 3.63) is 91.9 Å². The van der Waals surface area contributed by atoms with Crippen molar-refractivity contribution in [3.8, 4) is 17.2 Å². The zero-order valence-electron chi connectivity index (χ0n) is 22.8. The van der Waals surface area contributed by atoms with Crippen molar-refractivity contribution < 1.29 is 29.0 Å². The number of aromatic hydroxyl groups is 1. The molecule has 0 radical (unpaired) electrons. The number of nitrogens with zero attached hydrogens (tertiary/aromatic N) is 2. The molecule has 0 aliphatic carbocycles. The molecule has 0 saturated carbocycles. The Morgan fingerprint density at radius 1 is 0.977 bits per heavy atom. The molecule has 3 amide bonds. The highest BCUT2D eigenvalue weighted by molar-refractivity contribution is 8.00. The normalized spacial score (nSPS) is 19.1. The molecule has 43 heavy (non-hydrogen) atoms. The molecule has 1 fully saturated rings. The van der Waals surface area contributed by atoms with E-state index in [2.05, 4.69) is 5.32 Å². The van der Waals surface area contributed by atoms with Crippen LogP contribution in [0.3, 0.4) is 0 Å². The molecule has 3 unspecified atom stereocenters. The minimum Gasteiger partial charge on any atom is -0.504 e. The molecule has 3 atom stereocenters. The van der Waals surface area contributed by atoms with Gasteiger partial charge in [0, 0.05) is 21.5 Å². The zero-order valence-corrected chi connectivity index (χ0v) is 25.2. The van der Waals surface area contributed by atoms with Gasteiger partial charge in [-0.25, -0.2) is 4.90 Å². The summed E-state index contributed by atoms with van der Waals surface area (Å²) in [7, 11) is 2.95. The first-order valence-electron chi connectivity index (χ1n) is 13.0. The Bertz CT molecular complexity index is 1800. The third kappa shape index (κ3) is 5.15. The van der Waals surface area contributed by atoms with Crippen LogP contribution in [0.15, 0.2) is 76.6 Å². The predicted molar refractivity (Wildman–Crippen MR) is 164 cm³/mol. The number of imide groups is 1. The number of thioether (sulfide) groups is 1. The lowest BCUT2D eigenvalue weighted by Gasteiger charge is -2.31. The predicted octanol–water partition coefficient (Wildman–Crippen LogP) is 4.72. The summed E-state index contributed by atoms with van der Waals surface area (Å²) < 4.78 is 11.8. The van der Waals surface area contributed by atoms with Crippen LogP contribution in [0, 0.1) is 5.92 Å². The van der Waals surface area contributed by atoms with Crippen LogP contribution in [0.25, 0.3) is 0 Å². The average molecular weight is 638 g/mol. The number of carbonyl (C=O) groups is 3. The maximum Gasteiger partial charge on any atom is 0.308 e. The number of carbonyl (C=O) groups excluding carboxylic acids is 3. The molecule has 2 aliphatic heterocycles. The molecular weight excluding hydrogens is 614 g/mol. The largest absolute Gasteiger partial charge is 0.504 e. The first-order chi connectivity index (χ1) is 20.7. The number of rotatable bonds is 7. The molecule has 220 valence electrons. The van der Waals surface area contributed by atoms with Crippen molar-refractivity contribution in [2.45, 2.75) is 22.7 Å². The number of halogens is 1. The number of phenols is 1. The Kier molecular flexibility index (Phi) is 7.67. The van der Waals surface area contributed by atoms with Crippen LogP contribution in [0.5, 0.6) is 17.2 Å². The summed E-state index contributed by atoms with van der Waals surface area (Å²) in [6, 6.07) is 17.9. The molecule has 2 aliphatic rings. The third-order valence-corrected chi connectivity index (χ3v) is 10.2. The Labute approximate surface area is 258 Å². The molecule has 3 aromatic carbocycles. The lowest BCUT2D eigenvalue weighted by molar-refractivity contribution is -0.122. The van der Waals surface area contributed by atoms with Crippen LogP contribution < -0.4 is 24.6 Å². The van der Waals surface area contributed by atoms with E-state index in [0.717, 1.165) is 28.0 Å². The molecule has 3 heterocycles. The number of ether oxygens (including phenoxy) is 2. The molecule has 0 bridgehead atoms. The molecule has 1 aromatic heterocycles. The number of nitrogens with one attached hydrogen (secondary N) is 1. The van der Waals surface area contributed by atoms with Gasteiger partial charge in [0.2, 0.25) is 17.7 Å². The van der Waals surface area contributed by atoms with Gasteiger partial charge in [-0.3, -0.25) is 23.7 Å². The Hall–Kier alpha value is -4.26. The second-order valence-corrected chi connectivity index (χ2v) is 12.4. The molecule has 4 aromatic rings. The maximum absolute atomic E-state index is 14.0. The van der Waals surface area contributed by atoms with Gasteiger partial charge in [-0.05, 0) is 66.2 Å². The Balaban J connectivity index is 1.41. The van der Waals surface area contributed by atoms with E-state index in [-0.39, 0.29) is 18.0 Å². The van der Waals surface area contributed by atoms with Crippen LogP contribution in [0.2, 0.25) is 5.02 Å². The number of aromatic nitrogens is 1. The van der Waals surface area contributed by atoms with E-state index in [9.17, 15) is 24.3 Å². The average Bonchev–Trinajstić information content (AvgIpc) is 3.44. The number of phenolic OH excluding ortho intramolecular Hbond substituents is 1. The minimum absolute atomic E-state index is 0.0919. The SMILES string of the molecule is COc1ccc(NC(=O)Cn2c3c(sc2=O)C(c2ccc(O)c(OC)c2)C2C(=O)N(c4ccc(Cl)cc4)C(=O)C2S3)cc1. The standard InChI is InChI=1S/C30H24ClN3O7S2/c1-40-19-10-6-17(7-11-19)32-22(36)14-33-29-26(43-30(33)39)23(15-3-12-20(35)21(13-15)41-2)24-25(42-29)28(38)34(27(24)37)18-8-4-16(31)5-9-18/h3-13,23-25,35H,14H2,1-2H3,(H,32,36). The van der Waals surface area contributed by atoms with Gasteiger partial charge in [-0.2, -0.15) is 0 Å². The second-order valence-electron chi connectivity index (χ2n) is 9.86. The monoisotopic (exact) mass is 637 g/mol. The van der Waals surface area contributed by atoms with E-state index in [1.165, 1.54) is 17.7 Å². The van der Waals surface area contributed by atoms with Gasteiger partial charge in [0.1, 0.15) is 17.5 Å². The zero-order chi connectivity index (χ0) is 30.4. The topological polar surface area (TPSA) is 127 Å². The summed E-state index contributed by atoms with van der Waals surface area (Å²) in [5.74, 6) is -2.13. The van der Waals surface area contributed by atoms with Gasteiger partial charge in [0.15, 0.2) is 11.5 Å². The van der Waals surface area contributed by atoms with Gasteiger partial charge >= 0.3 is 4.87 Å². The summed E-state index contributed by atoms with van der Waals surface area (Å²) >= 11 is 8.09. The highest BCUT2D eigenvalue weighted by atomic mass is 35.5. The van der Waals surface area contributed by atoms with Crippen LogP contribution in [-0.4, -0.2) is 46.9 Å². The second kappa shape index (κ2) is 11.4. The fourth-order valence-electron chi connectivity index (χ4n) is 5.37. The lowest BCUT2D eigenvalue weighted by Crippen LogP contribution is -2.33. The smallest absolute Gasteiger partial charge is 0.308 e. The number of amides is 3. The number of hydrogen-bond acceptors (Lipinski definition) is 9. The number of hydrogen-bond donors (Lipinski definition) is 2. The number of anilines is 2. The number of methoxy groups -OCH3 is 2. The van der Waals surface area contributed by atoms with Crippen molar-refractivity contribution in [3.63, 3.8) is 0 Å². The van der Waals surface area contributed by atoms with E-state index in [1.807, 2.05) is 0 Å². The van der Waals surface area contributed by atoms with Crippen molar-refractivity contribution >= 4 is 63.8 Å². The molecule has 2 N–H and O–H groups in total. The highest BCUT2D eigenvalue weighted by Crippen LogP contribution is 2.54. The molecule has 6 rings (SSSR count). The molecule has 10 nitrogen and oxygen atoms in total. The highest BCUT2D eigenvalue weighted by Gasteiger charge is 2.57. The van der Waals surface area contributed by atoms with Crippen LogP contribution in [0.4, 0.5) is 11.4 Å². The summed E-state index contributed by atoms with van der Waals surface area (Å²) in [5, 5.41) is 13.1. The number of thiazole rings is 1. The molecule has 1 saturated heterocycles. The maximum atomic E-state index is 14.0. The summed E-state index contributed by atoms with van der Waals surface area (Å²) in [6.07, 6.45) is 0. The van der Waals surface area contributed by atoms with E-state index >= 15 is 0 Å². The Morgan fingerprint density at radius 3 is 2.37 bits per heavy atom. The van der Waals surface area contributed by atoms with Crippen LogP contribution in [-0.2, 0) is 20.9 Å². The fraction of sp³-hybridized carbons (Fsp3) is 0.200. The quantitative estimate of drug-likeness (QED) is 0.279.